The van der Waals surface area contributed by atoms with Crippen LogP contribution in [0.4, 0.5) is 10.5 Å². The number of amides is 2. The van der Waals surface area contributed by atoms with Gasteiger partial charge in [0.25, 0.3) is 0 Å². The maximum atomic E-state index is 13.5. The second-order valence-corrected chi connectivity index (χ2v) is 8.95. The van der Waals surface area contributed by atoms with Crippen molar-refractivity contribution < 1.29 is 9.53 Å². The van der Waals surface area contributed by atoms with Crippen LogP contribution >= 0.6 is 0 Å². The van der Waals surface area contributed by atoms with Gasteiger partial charge in [-0.05, 0) is 65.8 Å². The average molecular weight is 463 g/mol. The Kier molecular flexibility index (Phi) is 7.09. The van der Waals surface area contributed by atoms with Gasteiger partial charge in [-0.3, -0.25) is 0 Å². The number of rotatable bonds is 7. The lowest BCUT2D eigenvalue weighted by Gasteiger charge is -2.36. The number of para-hydroxylation sites is 1. The molecule has 0 saturated heterocycles. The van der Waals surface area contributed by atoms with Crippen LogP contribution in [0.3, 0.4) is 0 Å². The summed E-state index contributed by atoms with van der Waals surface area (Å²) in [5.74, 6) is 0.820. The Hall–Kier alpha value is -4.05. The summed E-state index contributed by atoms with van der Waals surface area (Å²) in [5.41, 5.74) is 5.60. The minimum atomic E-state index is -0.0812. The summed E-state index contributed by atoms with van der Waals surface area (Å²) in [7, 11) is 0. The van der Waals surface area contributed by atoms with E-state index in [0.29, 0.717) is 13.2 Å². The normalized spacial score (nSPS) is 14.6. The lowest BCUT2D eigenvalue weighted by atomic mass is 9.86. The van der Waals surface area contributed by atoms with E-state index in [1.54, 1.807) is 0 Å². The second kappa shape index (κ2) is 10.9. The van der Waals surface area contributed by atoms with Crippen molar-refractivity contribution in [2.45, 2.75) is 38.5 Å². The zero-order valence-corrected chi connectivity index (χ0v) is 19.8. The number of nitrogens with zero attached hydrogens (tertiary/aromatic N) is 1. The van der Waals surface area contributed by atoms with Crippen molar-refractivity contribution in [1.82, 2.24) is 4.90 Å². The van der Waals surface area contributed by atoms with Crippen LogP contribution in [0.5, 0.6) is 5.75 Å². The van der Waals surface area contributed by atoms with Gasteiger partial charge in [-0.15, -0.1) is 0 Å². The van der Waals surface area contributed by atoms with E-state index in [2.05, 4.69) is 53.8 Å². The molecule has 1 atom stereocenters. The van der Waals surface area contributed by atoms with Gasteiger partial charge in [-0.1, -0.05) is 84.9 Å². The highest BCUT2D eigenvalue weighted by Gasteiger charge is 2.29. The van der Waals surface area contributed by atoms with Gasteiger partial charge in [0.15, 0.2) is 0 Å². The molecule has 0 spiro atoms. The molecule has 2 amide bonds. The molecule has 1 unspecified atom stereocenters. The highest BCUT2D eigenvalue weighted by molar-refractivity contribution is 5.89. The SMILES string of the molecule is O=C(Nc1ccccc1)N(Cc1ccc(OCc2ccccc2)cc1)C1CCCc2ccccc21. The first-order chi connectivity index (χ1) is 17.3. The minimum absolute atomic E-state index is 0.0395. The molecule has 0 aliphatic heterocycles. The molecular weight excluding hydrogens is 432 g/mol. The molecule has 0 fully saturated rings. The number of anilines is 1. The number of nitrogens with one attached hydrogen (secondary N) is 1. The predicted molar refractivity (Wildman–Crippen MR) is 140 cm³/mol. The van der Waals surface area contributed by atoms with Gasteiger partial charge in [0, 0.05) is 12.2 Å². The molecule has 4 aromatic rings. The van der Waals surface area contributed by atoms with E-state index in [1.807, 2.05) is 65.6 Å². The van der Waals surface area contributed by atoms with E-state index in [4.69, 9.17) is 4.74 Å². The van der Waals surface area contributed by atoms with E-state index in [-0.39, 0.29) is 12.1 Å². The fraction of sp³-hybridized carbons (Fsp3) is 0.194. The van der Waals surface area contributed by atoms with E-state index in [0.717, 1.165) is 41.8 Å². The Balaban J connectivity index is 1.34. The number of carbonyl (C=O) groups excluding carboxylic acids is 1. The van der Waals surface area contributed by atoms with Gasteiger partial charge in [-0.25, -0.2) is 4.79 Å². The van der Waals surface area contributed by atoms with Crippen molar-refractivity contribution >= 4 is 11.7 Å². The molecule has 0 bridgehead atoms. The van der Waals surface area contributed by atoms with Gasteiger partial charge >= 0.3 is 6.03 Å². The minimum Gasteiger partial charge on any atom is -0.489 e. The Morgan fingerprint density at radius 1 is 0.800 bits per heavy atom. The van der Waals surface area contributed by atoms with Crippen molar-refractivity contribution in [3.63, 3.8) is 0 Å². The third-order valence-electron chi connectivity index (χ3n) is 6.52. The number of fused-ring (bicyclic) bond motifs is 1. The van der Waals surface area contributed by atoms with Gasteiger partial charge in [0.2, 0.25) is 0 Å². The Morgan fingerprint density at radius 2 is 1.49 bits per heavy atom. The van der Waals surface area contributed by atoms with Crippen LogP contribution in [0.1, 0.15) is 41.1 Å². The molecule has 0 heterocycles. The fourth-order valence-corrected chi connectivity index (χ4v) is 4.72. The van der Waals surface area contributed by atoms with Gasteiger partial charge in [0.1, 0.15) is 12.4 Å². The van der Waals surface area contributed by atoms with Crippen molar-refractivity contribution in [3.8, 4) is 5.75 Å². The Labute approximate surface area is 207 Å². The molecule has 5 rings (SSSR count). The summed E-state index contributed by atoms with van der Waals surface area (Å²) >= 11 is 0. The Morgan fingerprint density at radius 3 is 2.26 bits per heavy atom. The molecule has 0 saturated carbocycles. The average Bonchev–Trinajstić information content (AvgIpc) is 2.92. The predicted octanol–water partition coefficient (Wildman–Crippen LogP) is 7.38. The number of carbonyl (C=O) groups is 1. The van der Waals surface area contributed by atoms with Gasteiger partial charge < -0.3 is 15.0 Å². The van der Waals surface area contributed by atoms with Crippen molar-refractivity contribution in [3.05, 3.63) is 131 Å². The quantitative estimate of drug-likeness (QED) is 0.311. The lowest BCUT2D eigenvalue weighted by Crippen LogP contribution is -2.39. The van der Waals surface area contributed by atoms with Gasteiger partial charge in [-0.2, -0.15) is 0 Å². The number of hydrogen-bond acceptors (Lipinski definition) is 2. The molecular formula is C31H30N2O2. The molecule has 1 N–H and O–H groups in total. The summed E-state index contributed by atoms with van der Waals surface area (Å²) < 4.78 is 5.95. The zero-order valence-electron chi connectivity index (χ0n) is 19.8. The first kappa shape index (κ1) is 22.7. The van der Waals surface area contributed by atoms with Crippen LogP contribution in [0, 0.1) is 0 Å². The highest BCUT2D eigenvalue weighted by atomic mass is 16.5. The number of ether oxygens (including phenoxy) is 1. The van der Waals surface area contributed by atoms with Crippen LogP contribution in [0.25, 0.3) is 0 Å². The number of benzene rings is 4. The summed E-state index contributed by atoms with van der Waals surface area (Å²) in [4.78, 5) is 15.5. The third kappa shape index (κ3) is 5.72. The van der Waals surface area contributed by atoms with Crippen LogP contribution in [-0.2, 0) is 19.6 Å². The number of hydrogen-bond donors (Lipinski definition) is 1. The summed E-state index contributed by atoms with van der Waals surface area (Å²) in [6.07, 6.45) is 3.09. The maximum Gasteiger partial charge on any atom is 0.322 e. The van der Waals surface area contributed by atoms with E-state index < -0.39 is 0 Å². The van der Waals surface area contributed by atoms with Crippen LogP contribution in [-0.4, -0.2) is 10.9 Å². The molecule has 4 heteroatoms. The fourth-order valence-electron chi connectivity index (χ4n) is 4.72. The smallest absolute Gasteiger partial charge is 0.322 e. The lowest BCUT2D eigenvalue weighted by molar-refractivity contribution is 0.175. The molecule has 0 radical (unpaired) electrons. The molecule has 1 aliphatic rings. The van der Waals surface area contributed by atoms with Crippen molar-refractivity contribution in [2.24, 2.45) is 0 Å². The van der Waals surface area contributed by atoms with Gasteiger partial charge in [0.05, 0.1) is 6.04 Å². The molecule has 176 valence electrons. The maximum absolute atomic E-state index is 13.5. The van der Waals surface area contributed by atoms with Crippen LogP contribution < -0.4 is 10.1 Å². The van der Waals surface area contributed by atoms with Crippen LogP contribution in [0.15, 0.2) is 109 Å². The summed E-state index contributed by atoms with van der Waals surface area (Å²) in [6.45, 7) is 1.06. The van der Waals surface area contributed by atoms with E-state index >= 15 is 0 Å². The van der Waals surface area contributed by atoms with Crippen molar-refractivity contribution in [2.75, 3.05) is 5.32 Å². The second-order valence-electron chi connectivity index (χ2n) is 8.95. The first-order valence-corrected chi connectivity index (χ1v) is 12.2. The molecule has 0 aromatic heterocycles. The first-order valence-electron chi connectivity index (χ1n) is 12.2. The molecule has 35 heavy (non-hydrogen) atoms. The third-order valence-corrected chi connectivity index (χ3v) is 6.52. The van der Waals surface area contributed by atoms with E-state index in [1.165, 1.54) is 11.1 Å². The number of urea groups is 1. The largest absolute Gasteiger partial charge is 0.489 e. The van der Waals surface area contributed by atoms with E-state index in [9.17, 15) is 4.79 Å². The number of aryl methyl sites for hydroxylation is 1. The zero-order chi connectivity index (χ0) is 23.9. The standard InChI is InChI=1S/C31H30N2O2/c34-31(32-27-14-5-2-6-15-27)33(30-17-9-13-26-12-7-8-16-29(26)30)22-24-18-20-28(21-19-24)35-23-25-10-3-1-4-11-25/h1-8,10-12,14-16,18-21,30H,9,13,17,22-23H2,(H,32,34). The Bertz CT molecular complexity index is 1240. The molecule has 1 aliphatic carbocycles. The molecule has 4 nitrogen and oxygen atoms in total. The van der Waals surface area contributed by atoms with Crippen molar-refractivity contribution in [1.29, 1.82) is 0 Å². The monoisotopic (exact) mass is 462 g/mol. The summed E-state index contributed by atoms with van der Waals surface area (Å²) in [5, 5.41) is 3.10. The molecule has 4 aromatic carbocycles. The highest BCUT2D eigenvalue weighted by Crippen LogP contribution is 2.35. The van der Waals surface area contributed by atoms with Crippen LogP contribution in [0.2, 0.25) is 0 Å². The summed E-state index contributed by atoms with van der Waals surface area (Å²) in [6, 6.07) is 36.4. The topological polar surface area (TPSA) is 41.6 Å².